The van der Waals surface area contributed by atoms with Gasteiger partial charge in [0.2, 0.25) is 0 Å². The molecule has 182 valence electrons. The number of hydrogen-bond donors (Lipinski definition) is 1. The third-order valence-electron chi connectivity index (χ3n) is 5.98. The number of amides is 1. The van der Waals surface area contributed by atoms with Gasteiger partial charge in [-0.05, 0) is 58.4 Å². The number of aromatic nitrogens is 2. The summed E-state index contributed by atoms with van der Waals surface area (Å²) < 4.78 is 17.4. The van der Waals surface area contributed by atoms with E-state index in [4.69, 9.17) is 25.5 Å². The summed E-state index contributed by atoms with van der Waals surface area (Å²) in [4.78, 5) is 24.2. The van der Waals surface area contributed by atoms with Crippen molar-refractivity contribution in [1.82, 2.24) is 14.9 Å². The molecule has 1 fully saturated rings. The Morgan fingerprint density at radius 1 is 1.32 bits per heavy atom. The van der Waals surface area contributed by atoms with Crippen molar-refractivity contribution in [3.8, 4) is 5.75 Å². The summed E-state index contributed by atoms with van der Waals surface area (Å²) in [5.74, 6) is 0.714. The molecule has 8 nitrogen and oxygen atoms in total. The number of oxazole rings is 1. The number of carbonyl (C=O) groups excluding carboxylic acids is 1. The molecule has 0 saturated carbocycles. The number of fused-ring (bicyclic) bond motifs is 1. The number of halogens is 1. The van der Waals surface area contributed by atoms with Crippen LogP contribution < -0.4 is 4.74 Å². The van der Waals surface area contributed by atoms with Crippen molar-refractivity contribution in [2.24, 2.45) is 0 Å². The maximum Gasteiger partial charge on any atom is 0.254 e. The molecule has 0 spiro atoms. The Labute approximate surface area is 203 Å². The first-order valence-corrected chi connectivity index (χ1v) is 11.6. The lowest BCUT2D eigenvalue weighted by molar-refractivity contribution is -0.145. The van der Waals surface area contributed by atoms with Gasteiger partial charge in [-0.3, -0.25) is 9.78 Å². The third kappa shape index (κ3) is 5.19. The second kappa shape index (κ2) is 9.17. The fourth-order valence-electron chi connectivity index (χ4n) is 4.18. The minimum absolute atomic E-state index is 0.226. The Hall–Kier alpha value is -2.68. The van der Waals surface area contributed by atoms with Crippen molar-refractivity contribution in [2.75, 3.05) is 20.3 Å². The highest BCUT2D eigenvalue weighted by molar-refractivity contribution is 6.30. The van der Waals surface area contributed by atoms with Crippen LogP contribution in [0.4, 0.5) is 0 Å². The van der Waals surface area contributed by atoms with Crippen molar-refractivity contribution in [3.63, 3.8) is 0 Å². The molecule has 34 heavy (non-hydrogen) atoms. The lowest BCUT2D eigenvalue weighted by Crippen LogP contribution is -2.62. The molecule has 0 aliphatic carbocycles. The SMILES string of the molecule is COc1cc(C(=O)N2CC(C)(C)OCC2C(C)(C)O)cc2nc(CCc3cc(Cl)ccn3)oc12. The van der Waals surface area contributed by atoms with Gasteiger partial charge in [-0.15, -0.1) is 0 Å². The summed E-state index contributed by atoms with van der Waals surface area (Å²) in [6.45, 7) is 7.81. The Balaban J connectivity index is 1.64. The largest absolute Gasteiger partial charge is 0.493 e. The fourth-order valence-corrected chi connectivity index (χ4v) is 4.36. The van der Waals surface area contributed by atoms with E-state index >= 15 is 0 Å². The number of methoxy groups -OCH3 is 1. The van der Waals surface area contributed by atoms with E-state index in [0.29, 0.717) is 52.7 Å². The summed E-state index contributed by atoms with van der Waals surface area (Å²) in [5, 5.41) is 11.3. The van der Waals surface area contributed by atoms with E-state index < -0.39 is 17.2 Å². The monoisotopic (exact) mass is 487 g/mol. The average Bonchev–Trinajstić information content (AvgIpc) is 3.18. The molecule has 1 amide bonds. The zero-order valence-corrected chi connectivity index (χ0v) is 20.8. The number of aryl methyl sites for hydroxylation is 2. The summed E-state index contributed by atoms with van der Waals surface area (Å²) in [7, 11) is 1.53. The average molecular weight is 488 g/mol. The maximum atomic E-state index is 13.6. The molecule has 9 heteroatoms. The van der Waals surface area contributed by atoms with Crippen LogP contribution in [0.3, 0.4) is 0 Å². The van der Waals surface area contributed by atoms with Crippen LogP contribution in [0, 0.1) is 0 Å². The third-order valence-corrected chi connectivity index (χ3v) is 6.21. The van der Waals surface area contributed by atoms with Gasteiger partial charge in [-0.25, -0.2) is 4.98 Å². The van der Waals surface area contributed by atoms with Crippen LogP contribution in [0.25, 0.3) is 11.1 Å². The van der Waals surface area contributed by atoms with E-state index in [0.717, 1.165) is 5.69 Å². The van der Waals surface area contributed by atoms with Crippen LogP contribution in [0.1, 0.15) is 49.6 Å². The zero-order valence-electron chi connectivity index (χ0n) is 20.1. The predicted octanol–water partition coefficient (Wildman–Crippen LogP) is 4.06. The number of rotatable bonds is 6. The van der Waals surface area contributed by atoms with Crippen molar-refractivity contribution >= 4 is 28.6 Å². The lowest BCUT2D eigenvalue weighted by atomic mass is 9.92. The highest BCUT2D eigenvalue weighted by Crippen LogP contribution is 2.32. The summed E-state index contributed by atoms with van der Waals surface area (Å²) in [6, 6.07) is 6.40. The molecular weight excluding hydrogens is 458 g/mol. The van der Waals surface area contributed by atoms with Gasteiger partial charge in [0.15, 0.2) is 17.2 Å². The minimum Gasteiger partial charge on any atom is -0.493 e. The number of hydrogen-bond acceptors (Lipinski definition) is 7. The Morgan fingerprint density at radius 2 is 2.09 bits per heavy atom. The van der Waals surface area contributed by atoms with Gasteiger partial charge in [0, 0.05) is 35.4 Å². The Morgan fingerprint density at radius 3 is 2.76 bits per heavy atom. The topological polar surface area (TPSA) is 97.9 Å². The quantitative estimate of drug-likeness (QED) is 0.559. The standard InChI is InChI=1S/C25H30ClN3O5/c1-24(2)14-29(20(13-33-24)25(3,4)31)23(30)15-10-18-22(19(11-15)32-5)34-21(28-18)7-6-17-12-16(26)8-9-27-17/h8-12,20,31H,6-7,13-14H2,1-5H3. The molecule has 3 heterocycles. The van der Waals surface area contributed by atoms with Crippen LogP contribution >= 0.6 is 11.6 Å². The molecule has 0 bridgehead atoms. The second-order valence-electron chi connectivity index (χ2n) is 9.77. The van der Waals surface area contributed by atoms with E-state index in [2.05, 4.69) is 9.97 Å². The Kier molecular flexibility index (Phi) is 6.59. The van der Waals surface area contributed by atoms with Crippen LogP contribution in [0.2, 0.25) is 5.02 Å². The first-order valence-electron chi connectivity index (χ1n) is 11.2. The molecule has 2 aromatic heterocycles. The van der Waals surface area contributed by atoms with Gasteiger partial charge in [0.1, 0.15) is 5.52 Å². The van der Waals surface area contributed by atoms with Gasteiger partial charge >= 0.3 is 0 Å². The second-order valence-corrected chi connectivity index (χ2v) is 10.2. The van der Waals surface area contributed by atoms with Crippen molar-refractivity contribution in [3.05, 3.63) is 52.6 Å². The summed E-state index contributed by atoms with van der Waals surface area (Å²) in [6.07, 6.45) is 2.79. The molecule has 1 aromatic carbocycles. The van der Waals surface area contributed by atoms with Crippen molar-refractivity contribution in [2.45, 2.75) is 57.8 Å². The van der Waals surface area contributed by atoms with E-state index in [9.17, 15) is 9.90 Å². The highest BCUT2D eigenvalue weighted by Gasteiger charge is 2.43. The molecule has 1 N–H and O–H groups in total. The zero-order chi connectivity index (χ0) is 24.7. The summed E-state index contributed by atoms with van der Waals surface area (Å²) in [5.41, 5.74) is 0.605. The van der Waals surface area contributed by atoms with E-state index in [-0.39, 0.29) is 12.5 Å². The van der Waals surface area contributed by atoms with Crippen molar-refractivity contribution < 1.29 is 23.8 Å². The van der Waals surface area contributed by atoms with Gasteiger partial charge in [0.25, 0.3) is 5.91 Å². The molecule has 4 rings (SSSR count). The first-order chi connectivity index (χ1) is 16.0. The number of nitrogens with zero attached hydrogens (tertiary/aromatic N) is 3. The minimum atomic E-state index is -1.13. The molecule has 1 aliphatic heterocycles. The van der Waals surface area contributed by atoms with Crippen LogP contribution in [-0.4, -0.2) is 63.4 Å². The Bertz CT molecular complexity index is 1200. The number of pyridine rings is 1. The summed E-state index contributed by atoms with van der Waals surface area (Å²) >= 11 is 6.04. The fraction of sp³-hybridized carbons (Fsp3) is 0.480. The molecular formula is C25H30ClN3O5. The van der Waals surface area contributed by atoms with E-state index in [1.54, 1.807) is 43.1 Å². The molecule has 3 aromatic rings. The molecule has 0 radical (unpaired) electrons. The van der Waals surface area contributed by atoms with Gasteiger partial charge in [-0.2, -0.15) is 0 Å². The van der Waals surface area contributed by atoms with E-state index in [1.807, 2.05) is 19.9 Å². The van der Waals surface area contributed by atoms with Gasteiger partial charge < -0.3 is 23.9 Å². The smallest absolute Gasteiger partial charge is 0.254 e. The highest BCUT2D eigenvalue weighted by atomic mass is 35.5. The number of carbonyl (C=O) groups is 1. The number of aliphatic hydroxyl groups is 1. The van der Waals surface area contributed by atoms with Gasteiger partial charge in [-0.1, -0.05) is 11.6 Å². The maximum absolute atomic E-state index is 13.6. The first kappa shape index (κ1) is 24.4. The van der Waals surface area contributed by atoms with Crippen LogP contribution in [0.5, 0.6) is 5.75 Å². The predicted molar refractivity (Wildman–Crippen MR) is 128 cm³/mol. The molecule has 1 atom stereocenters. The normalized spacial score (nSPS) is 18.3. The molecule has 1 unspecified atom stereocenters. The molecule has 1 saturated heterocycles. The lowest BCUT2D eigenvalue weighted by Gasteiger charge is -2.47. The number of benzene rings is 1. The van der Waals surface area contributed by atoms with Gasteiger partial charge in [0.05, 0.1) is 31.0 Å². The van der Waals surface area contributed by atoms with Crippen LogP contribution in [-0.2, 0) is 17.6 Å². The van der Waals surface area contributed by atoms with Crippen LogP contribution in [0.15, 0.2) is 34.9 Å². The number of morpholine rings is 1. The molecule has 1 aliphatic rings. The van der Waals surface area contributed by atoms with E-state index in [1.165, 1.54) is 7.11 Å². The number of ether oxygens (including phenoxy) is 2. The van der Waals surface area contributed by atoms with Crippen molar-refractivity contribution in [1.29, 1.82) is 0 Å².